The molecular weight excluding hydrogens is 324 g/mol. The van der Waals surface area contributed by atoms with Gasteiger partial charge in [-0.05, 0) is 24.3 Å². The Labute approximate surface area is 145 Å². The van der Waals surface area contributed by atoms with Crippen LogP contribution in [0.3, 0.4) is 0 Å². The van der Waals surface area contributed by atoms with Gasteiger partial charge in [-0.3, -0.25) is 4.79 Å². The molecule has 2 aromatic carbocycles. The van der Waals surface area contributed by atoms with Crippen molar-refractivity contribution in [1.82, 2.24) is 9.47 Å². The molecule has 4 rings (SSSR count). The summed E-state index contributed by atoms with van der Waals surface area (Å²) < 4.78 is 7.74. The fourth-order valence-corrected chi connectivity index (χ4v) is 3.41. The molecule has 0 aliphatic carbocycles. The number of amides is 1. The number of halogens is 1. The first kappa shape index (κ1) is 15.1. The second-order valence-corrected chi connectivity index (χ2v) is 6.43. The number of aromatic nitrogens is 1. The van der Waals surface area contributed by atoms with E-state index in [-0.39, 0.29) is 5.91 Å². The minimum absolute atomic E-state index is 0.0169. The van der Waals surface area contributed by atoms with Crippen LogP contribution >= 0.6 is 11.6 Å². The molecule has 1 aliphatic heterocycles. The van der Waals surface area contributed by atoms with Crippen molar-refractivity contribution >= 4 is 28.4 Å². The van der Waals surface area contributed by atoms with Gasteiger partial charge in [0.15, 0.2) is 0 Å². The molecule has 24 heavy (non-hydrogen) atoms. The predicted molar refractivity (Wildman–Crippen MR) is 94.6 cm³/mol. The Balaban J connectivity index is 1.71. The van der Waals surface area contributed by atoms with E-state index in [2.05, 4.69) is 0 Å². The Morgan fingerprint density at radius 3 is 2.92 bits per heavy atom. The summed E-state index contributed by atoms with van der Waals surface area (Å²) in [5.41, 5.74) is 2.71. The molecule has 0 saturated heterocycles. The Hall–Kier alpha value is -2.46. The summed E-state index contributed by atoms with van der Waals surface area (Å²) in [6, 6.07) is 13.5. The zero-order valence-corrected chi connectivity index (χ0v) is 14.1. The van der Waals surface area contributed by atoms with E-state index < -0.39 is 0 Å². The fourth-order valence-electron chi connectivity index (χ4n) is 3.22. The molecular formula is C19H17ClN2O2. The number of hydrogen-bond acceptors (Lipinski definition) is 2. The molecule has 0 fully saturated rings. The number of ether oxygens (including phenoxy) is 1. The van der Waals surface area contributed by atoms with Gasteiger partial charge in [-0.15, -0.1) is 0 Å². The first-order valence-electron chi connectivity index (χ1n) is 7.88. The van der Waals surface area contributed by atoms with Crippen LogP contribution < -0.4 is 4.74 Å². The first-order valence-corrected chi connectivity index (χ1v) is 8.26. The second-order valence-electron chi connectivity index (χ2n) is 6.00. The molecule has 0 atom stereocenters. The second kappa shape index (κ2) is 5.87. The summed E-state index contributed by atoms with van der Waals surface area (Å²) >= 11 is 6.09. The van der Waals surface area contributed by atoms with Crippen molar-refractivity contribution in [3.05, 3.63) is 64.8 Å². The smallest absolute Gasteiger partial charge is 0.256 e. The maximum absolute atomic E-state index is 13.1. The molecule has 1 aromatic heterocycles. The van der Waals surface area contributed by atoms with Gasteiger partial charge in [0.25, 0.3) is 5.91 Å². The Morgan fingerprint density at radius 1 is 1.21 bits per heavy atom. The molecule has 122 valence electrons. The molecule has 1 aliphatic rings. The lowest BCUT2D eigenvalue weighted by Gasteiger charge is -2.19. The highest BCUT2D eigenvalue weighted by atomic mass is 35.5. The van der Waals surface area contributed by atoms with Crippen molar-refractivity contribution in [2.45, 2.75) is 6.54 Å². The van der Waals surface area contributed by atoms with Crippen LogP contribution in [0.25, 0.3) is 10.9 Å². The minimum atomic E-state index is 0.0169. The van der Waals surface area contributed by atoms with Gasteiger partial charge >= 0.3 is 0 Å². The lowest BCUT2D eigenvalue weighted by atomic mass is 10.1. The monoisotopic (exact) mass is 340 g/mol. The van der Waals surface area contributed by atoms with Gasteiger partial charge in [0, 0.05) is 41.3 Å². The number of para-hydroxylation sites is 1. The highest BCUT2D eigenvalue weighted by Gasteiger charge is 2.23. The zero-order chi connectivity index (χ0) is 16.7. The van der Waals surface area contributed by atoms with Gasteiger partial charge in [-0.25, -0.2) is 0 Å². The Bertz CT molecular complexity index is 932. The average Bonchev–Trinajstić information content (AvgIpc) is 2.78. The Morgan fingerprint density at radius 2 is 2.04 bits per heavy atom. The van der Waals surface area contributed by atoms with Gasteiger partial charge in [0.2, 0.25) is 0 Å². The van der Waals surface area contributed by atoms with Crippen molar-refractivity contribution in [2.75, 3.05) is 13.2 Å². The average molecular weight is 341 g/mol. The molecule has 3 aromatic rings. The fraction of sp³-hybridized carbons (Fsp3) is 0.211. The maximum Gasteiger partial charge on any atom is 0.256 e. The van der Waals surface area contributed by atoms with E-state index in [4.69, 9.17) is 16.3 Å². The normalized spacial score (nSPS) is 14.2. The first-order chi connectivity index (χ1) is 11.6. The lowest BCUT2D eigenvalue weighted by Crippen LogP contribution is -2.32. The molecule has 0 N–H and O–H groups in total. The molecule has 2 heterocycles. The third-order valence-electron chi connectivity index (χ3n) is 4.42. The summed E-state index contributed by atoms with van der Waals surface area (Å²) in [6.45, 7) is 1.53. The zero-order valence-electron chi connectivity index (χ0n) is 13.3. The Kier molecular flexibility index (Phi) is 3.69. The van der Waals surface area contributed by atoms with Crippen molar-refractivity contribution in [1.29, 1.82) is 0 Å². The van der Waals surface area contributed by atoms with Crippen LogP contribution in [-0.2, 0) is 13.6 Å². The molecule has 5 heteroatoms. The van der Waals surface area contributed by atoms with E-state index in [1.54, 1.807) is 0 Å². The van der Waals surface area contributed by atoms with Crippen LogP contribution in [0.1, 0.15) is 15.9 Å². The van der Waals surface area contributed by atoms with Gasteiger partial charge in [0.1, 0.15) is 12.4 Å². The quantitative estimate of drug-likeness (QED) is 0.674. The molecule has 1 amide bonds. The van der Waals surface area contributed by atoms with E-state index in [9.17, 15) is 4.79 Å². The molecule has 0 bridgehead atoms. The van der Waals surface area contributed by atoms with Crippen LogP contribution in [0.2, 0.25) is 5.02 Å². The molecule has 0 radical (unpaired) electrons. The molecule has 0 unspecified atom stereocenters. The molecule has 0 spiro atoms. The number of hydrogen-bond donors (Lipinski definition) is 0. The van der Waals surface area contributed by atoms with E-state index in [1.807, 2.05) is 65.2 Å². The SMILES string of the molecule is Cn1cc(C(=O)N2CCOc3ccc(Cl)cc3C2)c2ccccc21. The van der Waals surface area contributed by atoms with Crippen LogP contribution in [0.4, 0.5) is 0 Å². The highest BCUT2D eigenvalue weighted by Crippen LogP contribution is 2.28. The van der Waals surface area contributed by atoms with Crippen molar-refractivity contribution in [3.63, 3.8) is 0 Å². The van der Waals surface area contributed by atoms with E-state index >= 15 is 0 Å². The third kappa shape index (κ3) is 2.53. The standard InChI is InChI=1S/C19H17ClN2O2/c1-21-12-16(15-4-2-3-5-17(15)21)19(23)22-8-9-24-18-7-6-14(20)10-13(18)11-22/h2-7,10,12H,8-9,11H2,1H3. The largest absolute Gasteiger partial charge is 0.491 e. The van der Waals surface area contributed by atoms with Gasteiger partial charge in [0.05, 0.1) is 12.1 Å². The summed E-state index contributed by atoms with van der Waals surface area (Å²) in [7, 11) is 1.96. The van der Waals surface area contributed by atoms with Gasteiger partial charge < -0.3 is 14.2 Å². The number of aryl methyl sites for hydroxylation is 1. The molecule has 4 nitrogen and oxygen atoms in total. The summed E-state index contributed by atoms with van der Waals surface area (Å²) in [5, 5.41) is 1.62. The van der Waals surface area contributed by atoms with Crippen LogP contribution in [0.5, 0.6) is 5.75 Å². The maximum atomic E-state index is 13.1. The number of carbonyl (C=O) groups excluding carboxylic acids is 1. The van der Waals surface area contributed by atoms with Crippen LogP contribution in [0.15, 0.2) is 48.7 Å². The summed E-state index contributed by atoms with van der Waals surface area (Å²) in [5.74, 6) is 0.816. The van der Waals surface area contributed by atoms with Gasteiger partial charge in [-0.2, -0.15) is 0 Å². The number of nitrogens with zero attached hydrogens (tertiary/aromatic N) is 2. The van der Waals surface area contributed by atoms with Gasteiger partial charge in [-0.1, -0.05) is 29.8 Å². The van der Waals surface area contributed by atoms with Crippen molar-refractivity contribution in [3.8, 4) is 5.75 Å². The topological polar surface area (TPSA) is 34.5 Å². The lowest BCUT2D eigenvalue weighted by molar-refractivity contribution is 0.0735. The number of benzene rings is 2. The van der Waals surface area contributed by atoms with E-state index in [0.29, 0.717) is 24.7 Å². The van der Waals surface area contributed by atoms with Crippen molar-refractivity contribution < 1.29 is 9.53 Å². The van der Waals surface area contributed by atoms with Crippen LogP contribution in [-0.4, -0.2) is 28.5 Å². The van der Waals surface area contributed by atoms with E-state index in [0.717, 1.165) is 27.8 Å². The summed E-state index contributed by atoms with van der Waals surface area (Å²) in [4.78, 5) is 14.9. The highest BCUT2D eigenvalue weighted by molar-refractivity contribution is 6.30. The number of fused-ring (bicyclic) bond motifs is 2. The number of rotatable bonds is 1. The third-order valence-corrected chi connectivity index (χ3v) is 4.65. The minimum Gasteiger partial charge on any atom is -0.491 e. The van der Waals surface area contributed by atoms with Crippen LogP contribution in [0, 0.1) is 0 Å². The van der Waals surface area contributed by atoms with Crippen molar-refractivity contribution in [2.24, 2.45) is 7.05 Å². The summed E-state index contributed by atoms with van der Waals surface area (Å²) in [6.07, 6.45) is 1.90. The predicted octanol–water partition coefficient (Wildman–Crippen LogP) is 3.87. The molecule has 0 saturated carbocycles. The van der Waals surface area contributed by atoms with E-state index in [1.165, 1.54) is 0 Å². The number of carbonyl (C=O) groups is 1.